The zero-order valence-electron chi connectivity index (χ0n) is 11.9. The number of nitrogens with zero attached hydrogens (tertiary/aromatic N) is 3. The molecular formula is C14H25N3O. The average molecular weight is 251 g/mol. The molecular weight excluding hydrogens is 226 g/mol. The highest BCUT2D eigenvalue weighted by molar-refractivity contribution is 5.80. The molecule has 0 aliphatic heterocycles. The molecule has 0 unspecified atom stereocenters. The molecule has 1 aromatic rings. The van der Waals surface area contributed by atoms with Gasteiger partial charge in [0, 0.05) is 12.5 Å². The third kappa shape index (κ3) is 4.98. The fourth-order valence-electron chi connectivity index (χ4n) is 2.02. The molecule has 4 heteroatoms. The number of carbonyl (C=O) groups is 1. The van der Waals surface area contributed by atoms with Crippen molar-refractivity contribution in [3.8, 4) is 0 Å². The van der Waals surface area contributed by atoms with E-state index in [0.717, 1.165) is 18.7 Å². The molecule has 0 amide bonds. The Labute approximate surface area is 110 Å². The molecule has 1 heterocycles. The molecule has 102 valence electrons. The van der Waals surface area contributed by atoms with Crippen LogP contribution in [0.5, 0.6) is 0 Å². The van der Waals surface area contributed by atoms with Crippen molar-refractivity contribution in [1.29, 1.82) is 0 Å². The maximum atomic E-state index is 11.8. The molecule has 0 aliphatic carbocycles. The maximum Gasteiger partial charge on any atom is 0.140 e. The third-order valence-electron chi connectivity index (χ3n) is 3.05. The fraction of sp³-hybridized carbons (Fsp3) is 0.786. The second-order valence-corrected chi connectivity index (χ2v) is 5.09. The van der Waals surface area contributed by atoms with Crippen LogP contribution in [-0.4, -0.2) is 20.5 Å². The smallest absolute Gasteiger partial charge is 0.140 e. The van der Waals surface area contributed by atoms with Crippen LogP contribution in [0.15, 0.2) is 6.33 Å². The lowest BCUT2D eigenvalue weighted by atomic mass is 10.1. The number of carbonyl (C=O) groups excluding carboxylic acids is 1. The van der Waals surface area contributed by atoms with Crippen molar-refractivity contribution in [3.05, 3.63) is 12.2 Å². The molecule has 0 N–H and O–H groups in total. The van der Waals surface area contributed by atoms with Gasteiger partial charge in [0.05, 0.1) is 6.42 Å². The standard InChI is InChI=1S/C14H25N3O/c1-4-5-6-7-8-9-13(18)10-14-15-11-16-17(14)12(2)3/h11-12H,4-10H2,1-3H3. The Balaban J connectivity index is 2.29. The molecule has 0 radical (unpaired) electrons. The number of hydrogen-bond donors (Lipinski definition) is 0. The number of Topliss-reactive ketones (excluding diaryl/α,β-unsaturated/α-hetero) is 1. The van der Waals surface area contributed by atoms with E-state index in [9.17, 15) is 4.79 Å². The minimum Gasteiger partial charge on any atom is -0.299 e. The van der Waals surface area contributed by atoms with Crippen molar-refractivity contribution >= 4 is 5.78 Å². The van der Waals surface area contributed by atoms with E-state index in [1.165, 1.54) is 25.6 Å². The van der Waals surface area contributed by atoms with Gasteiger partial charge in [-0.2, -0.15) is 5.10 Å². The van der Waals surface area contributed by atoms with Crippen molar-refractivity contribution < 1.29 is 4.79 Å². The summed E-state index contributed by atoms with van der Waals surface area (Å²) in [6, 6.07) is 0.264. The Morgan fingerprint density at radius 2 is 2.00 bits per heavy atom. The fourth-order valence-corrected chi connectivity index (χ4v) is 2.02. The van der Waals surface area contributed by atoms with Crippen molar-refractivity contribution in [2.24, 2.45) is 0 Å². The molecule has 0 fully saturated rings. The van der Waals surface area contributed by atoms with E-state index < -0.39 is 0 Å². The summed E-state index contributed by atoms with van der Waals surface area (Å²) in [7, 11) is 0. The van der Waals surface area contributed by atoms with Crippen LogP contribution in [0.3, 0.4) is 0 Å². The SMILES string of the molecule is CCCCCCCC(=O)Cc1ncnn1C(C)C. The van der Waals surface area contributed by atoms with Crippen molar-refractivity contribution in [2.75, 3.05) is 0 Å². The summed E-state index contributed by atoms with van der Waals surface area (Å²) in [6.45, 7) is 6.30. The van der Waals surface area contributed by atoms with Gasteiger partial charge >= 0.3 is 0 Å². The van der Waals surface area contributed by atoms with Crippen LogP contribution in [0.25, 0.3) is 0 Å². The zero-order valence-corrected chi connectivity index (χ0v) is 11.9. The van der Waals surface area contributed by atoms with Gasteiger partial charge in [0.15, 0.2) is 0 Å². The zero-order chi connectivity index (χ0) is 13.4. The molecule has 0 saturated carbocycles. The lowest BCUT2D eigenvalue weighted by molar-refractivity contribution is -0.118. The molecule has 0 aromatic carbocycles. The molecule has 1 rings (SSSR count). The molecule has 0 aliphatic rings. The van der Waals surface area contributed by atoms with E-state index in [2.05, 4.69) is 17.0 Å². The quantitative estimate of drug-likeness (QED) is 0.632. The number of unbranched alkanes of at least 4 members (excludes halogenated alkanes) is 4. The Hall–Kier alpha value is -1.19. The normalized spacial score (nSPS) is 11.1. The number of ketones is 1. The third-order valence-corrected chi connectivity index (χ3v) is 3.05. The van der Waals surface area contributed by atoms with Crippen LogP contribution < -0.4 is 0 Å². The predicted molar refractivity (Wildman–Crippen MR) is 72.5 cm³/mol. The lowest BCUT2D eigenvalue weighted by Crippen LogP contribution is -2.12. The lowest BCUT2D eigenvalue weighted by Gasteiger charge is -2.08. The first kappa shape index (κ1) is 14.9. The number of rotatable bonds is 9. The summed E-state index contributed by atoms with van der Waals surface area (Å²) in [5, 5.41) is 4.14. The van der Waals surface area contributed by atoms with Crippen LogP contribution in [0, 0.1) is 0 Å². The highest BCUT2D eigenvalue weighted by Gasteiger charge is 2.11. The van der Waals surface area contributed by atoms with E-state index in [1.54, 1.807) is 0 Å². The van der Waals surface area contributed by atoms with Crippen LogP contribution in [0.2, 0.25) is 0 Å². The summed E-state index contributed by atoms with van der Waals surface area (Å²) >= 11 is 0. The first-order valence-corrected chi connectivity index (χ1v) is 7.05. The van der Waals surface area contributed by atoms with Crippen molar-refractivity contribution in [1.82, 2.24) is 14.8 Å². The summed E-state index contributed by atoms with van der Waals surface area (Å²) in [6.07, 6.45) is 8.56. The minimum absolute atomic E-state index is 0.264. The summed E-state index contributed by atoms with van der Waals surface area (Å²) in [5.74, 6) is 1.07. The van der Waals surface area contributed by atoms with Crippen molar-refractivity contribution in [3.63, 3.8) is 0 Å². The molecule has 0 spiro atoms. The Kier molecular flexibility index (Phi) is 6.61. The van der Waals surface area contributed by atoms with Gasteiger partial charge in [0.25, 0.3) is 0 Å². The van der Waals surface area contributed by atoms with E-state index in [0.29, 0.717) is 12.8 Å². The average Bonchev–Trinajstić information content (AvgIpc) is 2.77. The first-order valence-electron chi connectivity index (χ1n) is 7.05. The van der Waals surface area contributed by atoms with Gasteiger partial charge in [-0.25, -0.2) is 9.67 Å². The van der Waals surface area contributed by atoms with Gasteiger partial charge in [0.1, 0.15) is 17.9 Å². The van der Waals surface area contributed by atoms with Crippen molar-refractivity contribution in [2.45, 2.75) is 71.8 Å². The highest BCUT2D eigenvalue weighted by atomic mass is 16.1. The predicted octanol–water partition coefficient (Wildman–Crippen LogP) is 3.33. The second kappa shape index (κ2) is 8.01. The maximum absolute atomic E-state index is 11.8. The minimum atomic E-state index is 0.264. The monoisotopic (exact) mass is 251 g/mol. The molecule has 0 atom stereocenters. The molecule has 18 heavy (non-hydrogen) atoms. The molecule has 0 saturated heterocycles. The summed E-state index contributed by atoms with van der Waals surface area (Å²) in [5.41, 5.74) is 0. The van der Waals surface area contributed by atoms with Gasteiger partial charge in [0.2, 0.25) is 0 Å². The highest BCUT2D eigenvalue weighted by Crippen LogP contribution is 2.09. The topological polar surface area (TPSA) is 47.8 Å². The van der Waals surface area contributed by atoms with E-state index in [4.69, 9.17) is 0 Å². The Bertz CT molecular complexity index is 358. The number of aromatic nitrogens is 3. The van der Waals surface area contributed by atoms with E-state index in [1.807, 2.05) is 18.5 Å². The van der Waals surface area contributed by atoms with E-state index in [-0.39, 0.29) is 11.8 Å². The molecule has 1 aromatic heterocycles. The van der Waals surface area contributed by atoms with Crippen LogP contribution >= 0.6 is 0 Å². The number of hydrogen-bond acceptors (Lipinski definition) is 3. The van der Waals surface area contributed by atoms with Gasteiger partial charge in [-0.15, -0.1) is 0 Å². The summed E-state index contributed by atoms with van der Waals surface area (Å²) in [4.78, 5) is 16.0. The Morgan fingerprint density at radius 1 is 1.28 bits per heavy atom. The van der Waals surface area contributed by atoms with E-state index >= 15 is 0 Å². The van der Waals surface area contributed by atoms with Crippen LogP contribution in [-0.2, 0) is 11.2 Å². The van der Waals surface area contributed by atoms with Gasteiger partial charge in [-0.3, -0.25) is 4.79 Å². The Morgan fingerprint density at radius 3 is 2.67 bits per heavy atom. The van der Waals surface area contributed by atoms with Gasteiger partial charge < -0.3 is 0 Å². The molecule has 0 bridgehead atoms. The first-order chi connectivity index (χ1) is 8.65. The summed E-state index contributed by atoms with van der Waals surface area (Å²) < 4.78 is 1.83. The van der Waals surface area contributed by atoms with Gasteiger partial charge in [-0.1, -0.05) is 32.6 Å². The van der Waals surface area contributed by atoms with Crippen LogP contribution in [0.1, 0.15) is 71.2 Å². The van der Waals surface area contributed by atoms with Crippen LogP contribution in [0.4, 0.5) is 0 Å². The largest absolute Gasteiger partial charge is 0.299 e. The molecule has 4 nitrogen and oxygen atoms in total. The van der Waals surface area contributed by atoms with Gasteiger partial charge in [-0.05, 0) is 20.3 Å². The second-order valence-electron chi connectivity index (χ2n) is 5.09.